The molecule has 228 valence electrons. The molecule has 2 aliphatic heterocycles. The number of benzene rings is 4. The fraction of sp³-hybridized carbons (Fsp3) is 0.270. The molecule has 2 aliphatic carbocycles. The number of H-pyrrole nitrogens is 2. The van der Waals surface area contributed by atoms with Gasteiger partial charge < -0.3 is 20.1 Å². The highest BCUT2D eigenvalue weighted by molar-refractivity contribution is 6.05. The van der Waals surface area contributed by atoms with E-state index in [0.29, 0.717) is 28.8 Å². The number of halogens is 1. The van der Waals surface area contributed by atoms with Crippen LogP contribution in [0.5, 0.6) is 0 Å². The zero-order chi connectivity index (χ0) is 30.5. The van der Waals surface area contributed by atoms with Crippen molar-refractivity contribution in [3.05, 3.63) is 108 Å². The predicted octanol–water partition coefficient (Wildman–Crippen LogP) is 7.24. The van der Waals surface area contributed by atoms with Crippen LogP contribution >= 0.6 is 0 Å². The first-order valence-corrected chi connectivity index (χ1v) is 16.1. The summed E-state index contributed by atoms with van der Waals surface area (Å²) in [4.78, 5) is 35.3. The molecule has 4 aromatic carbocycles. The molecule has 4 aliphatic rings. The van der Waals surface area contributed by atoms with E-state index >= 15 is 4.39 Å². The fourth-order valence-electron chi connectivity index (χ4n) is 7.76. The van der Waals surface area contributed by atoms with Gasteiger partial charge in [0.15, 0.2) is 0 Å². The number of hydroxylamine groups is 2. The Bertz CT molecular complexity index is 2170. The van der Waals surface area contributed by atoms with Crippen molar-refractivity contribution in [2.24, 2.45) is 11.8 Å². The molecule has 8 nitrogen and oxygen atoms in total. The fourth-order valence-corrected chi connectivity index (χ4v) is 7.76. The van der Waals surface area contributed by atoms with Crippen molar-refractivity contribution in [1.29, 1.82) is 0 Å². The lowest BCUT2D eigenvalue weighted by Crippen LogP contribution is -2.30. The van der Waals surface area contributed by atoms with Gasteiger partial charge in [0.05, 0.1) is 40.6 Å². The van der Waals surface area contributed by atoms with E-state index in [2.05, 4.69) is 38.5 Å². The second-order valence-corrected chi connectivity index (χ2v) is 13.4. The number of piperidine rings is 2. The molecule has 4 heterocycles. The van der Waals surface area contributed by atoms with Gasteiger partial charge in [0.2, 0.25) is 0 Å². The third-order valence-corrected chi connectivity index (χ3v) is 10.4. The van der Waals surface area contributed by atoms with Gasteiger partial charge in [-0.15, -0.1) is 5.06 Å². The Morgan fingerprint density at radius 1 is 0.870 bits per heavy atom. The number of nitrogens with zero attached hydrogens (tertiary/aromatic N) is 3. The van der Waals surface area contributed by atoms with Crippen molar-refractivity contribution in [2.45, 2.75) is 49.9 Å². The molecule has 9 heteroatoms. The number of aromatic nitrogens is 4. The summed E-state index contributed by atoms with van der Waals surface area (Å²) >= 11 is 0. The Balaban J connectivity index is 0.916. The first-order chi connectivity index (χ1) is 22.6. The first kappa shape index (κ1) is 26.4. The van der Waals surface area contributed by atoms with Gasteiger partial charge in [-0.1, -0.05) is 42.5 Å². The van der Waals surface area contributed by atoms with Crippen molar-refractivity contribution >= 4 is 27.8 Å². The molecule has 0 radical (unpaired) electrons. The predicted molar refractivity (Wildman–Crippen MR) is 172 cm³/mol. The Morgan fingerprint density at radius 3 is 2.59 bits per heavy atom. The van der Waals surface area contributed by atoms with Gasteiger partial charge >= 0.3 is 5.97 Å². The van der Waals surface area contributed by atoms with Crippen molar-refractivity contribution in [3.63, 3.8) is 0 Å². The number of carbonyl (C=O) groups is 1. The average molecular weight is 611 g/mol. The zero-order valence-corrected chi connectivity index (χ0v) is 24.9. The molecular formula is C37H31FN6O2. The van der Waals surface area contributed by atoms with Crippen LogP contribution in [0.15, 0.2) is 85.1 Å². The third kappa shape index (κ3) is 4.29. The van der Waals surface area contributed by atoms with E-state index in [0.717, 1.165) is 69.8 Å². The van der Waals surface area contributed by atoms with Crippen molar-refractivity contribution in [3.8, 4) is 22.4 Å². The molecule has 3 N–H and O–H groups in total. The lowest BCUT2D eigenvalue weighted by Gasteiger charge is -2.24. The smallest absolute Gasteiger partial charge is 0.357 e. The standard InChI is InChI=1S/C37H31FN6O2/c38-27-13-21(7-10-26(27)31-18-39-35(42-31)30-15-23-14-29(23)40-30)20-6-9-25-22(12-20)8-11-28-34(25)43-36(41-28)33-17-24-16-32(24)44(33)46-37(45)19-4-2-1-3-5-19/h1-13,18,23-24,29-30,32-33,40H,14-17H2,(H,39,42)(H,41,43)/t23?,24-,29-,30+,32?,33+/m1/s1. The highest BCUT2D eigenvalue weighted by Gasteiger charge is 2.55. The Hall–Kier alpha value is -4.86. The summed E-state index contributed by atoms with van der Waals surface area (Å²) in [5.41, 5.74) is 5.31. The lowest BCUT2D eigenvalue weighted by molar-refractivity contribution is -0.136. The van der Waals surface area contributed by atoms with Crippen LogP contribution in [-0.4, -0.2) is 43.1 Å². The summed E-state index contributed by atoms with van der Waals surface area (Å²) in [6.07, 6.45) is 6.02. The molecule has 10 rings (SSSR count). The number of carbonyl (C=O) groups excluding carboxylic acids is 1. The summed E-state index contributed by atoms with van der Waals surface area (Å²) in [5.74, 6) is 2.34. The van der Waals surface area contributed by atoms with Crippen LogP contribution in [0.4, 0.5) is 4.39 Å². The quantitative estimate of drug-likeness (QED) is 0.184. The molecule has 2 saturated carbocycles. The van der Waals surface area contributed by atoms with Crippen LogP contribution in [0.1, 0.15) is 59.8 Å². The summed E-state index contributed by atoms with van der Waals surface area (Å²) < 4.78 is 15.5. The lowest BCUT2D eigenvalue weighted by atomic mass is 9.99. The number of imidazole rings is 2. The van der Waals surface area contributed by atoms with Gasteiger partial charge in [0.25, 0.3) is 0 Å². The third-order valence-electron chi connectivity index (χ3n) is 10.4. The minimum absolute atomic E-state index is 0.120. The Kier molecular flexibility index (Phi) is 5.63. The molecule has 2 unspecified atom stereocenters. The summed E-state index contributed by atoms with van der Waals surface area (Å²) in [7, 11) is 0. The number of rotatable bonds is 6. The number of hydrogen-bond acceptors (Lipinski definition) is 6. The Labute approximate surface area is 264 Å². The molecule has 0 amide bonds. The van der Waals surface area contributed by atoms with Crippen LogP contribution in [0.25, 0.3) is 44.2 Å². The molecule has 46 heavy (non-hydrogen) atoms. The SMILES string of the molecule is O=C(ON1C2C[C@@H]2C[C@H]1c1nc2c(ccc3cc(-c4ccc(-c5cnc([C@@H]6CC7C[C@H]7N6)[nH]5)c(F)c4)ccc32)[nH]1)c1ccccc1. The summed E-state index contributed by atoms with van der Waals surface area (Å²) in [6.45, 7) is 0. The van der Waals surface area contributed by atoms with E-state index in [4.69, 9.17) is 9.82 Å². The molecule has 4 fully saturated rings. The molecular weight excluding hydrogens is 579 g/mol. The van der Waals surface area contributed by atoms with Crippen LogP contribution in [0, 0.1) is 17.7 Å². The van der Waals surface area contributed by atoms with Gasteiger partial charge in [-0.3, -0.25) is 0 Å². The molecule has 6 aromatic rings. The van der Waals surface area contributed by atoms with E-state index < -0.39 is 0 Å². The normalized spacial score (nSPS) is 26.4. The van der Waals surface area contributed by atoms with Crippen molar-refractivity contribution in [1.82, 2.24) is 30.3 Å². The number of aromatic amines is 2. The molecule has 2 saturated heterocycles. The molecule has 0 bridgehead atoms. The Morgan fingerprint density at radius 2 is 1.74 bits per heavy atom. The van der Waals surface area contributed by atoms with E-state index in [1.54, 1.807) is 24.4 Å². The van der Waals surface area contributed by atoms with Gasteiger partial charge in [0, 0.05) is 17.0 Å². The van der Waals surface area contributed by atoms with E-state index in [1.807, 2.05) is 47.5 Å². The maximum atomic E-state index is 15.5. The van der Waals surface area contributed by atoms with Gasteiger partial charge in [0.1, 0.15) is 23.5 Å². The number of hydrogen-bond donors (Lipinski definition) is 3. The first-order valence-electron chi connectivity index (χ1n) is 16.1. The van der Waals surface area contributed by atoms with Crippen LogP contribution in [-0.2, 0) is 4.84 Å². The topological polar surface area (TPSA) is 98.9 Å². The molecule has 0 spiro atoms. The van der Waals surface area contributed by atoms with Gasteiger partial charge in [-0.05, 0) is 90.4 Å². The van der Waals surface area contributed by atoms with Crippen molar-refractivity contribution < 1.29 is 14.0 Å². The summed E-state index contributed by atoms with van der Waals surface area (Å²) in [6, 6.07) is 25.7. The molecule has 2 aromatic heterocycles. The van der Waals surface area contributed by atoms with Gasteiger partial charge in [-0.25, -0.2) is 19.2 Å². The number of nitrogens with one attached hydrogen (secondary N) is 3. The van der Waals surface area contributed by atoms with Crippen LogP contribution in [0.2, 0.25) is 0 Å². The average Bonchev–Trinajstić information content (AvgIpc) is 3.68. The largest absolute Gasteiger partial charge is 0.363 e. The van der Waals surface area contributed by atoms with Crippen LogP contribution < -0.4 is 5.32 Å². The second kappa shape index (κ2) is 9.82. The highest BCUT2D eigenvalue weighted by atomic mass is 19.1. The van der Waals surface area contributed by atoms with Gasteiger partial charge in [-0.2, -0.15) is 0 Å². The number of fused-ring (bicyclic) bond motifs is 5. The summed E-state index contributed by atoms with van der Waals surface area (Å²) in [5, 5.41) is 7.49. The second-order valence-electron chi connectivity index (χ2n) is 13.4. The monoisotopic (exact) mass is 610 g/mol. The maximum Gasteiger partial charge on any atom is 0.357 e. The zero-order valence-electron chi connectivity index (χ0n) is 24.9. The maximum absolute atomic E-state index is 15.5. The van der Waals surface area contributed by atoms with Crippen molar-refractivity contribution in [2.75, 3.05) is 0 Å². The van der Waals surface area contributed by atoms with E-state index in [1.165, 1.54) is 6.42 Å². The van der Waals surface area contributed by atoms with Crippen LogP contribution in [0.3, 0.4) is 0 Å². The minimum atomic E-state index is -0.344. The molecule has 6 atom stereocenters. The highest BCUT2D eigenvalue weighted by Crippen LogP contribution is 2.53. The van der Waals surface area contributed by atoms with E-state index in [-0.39, 0.29) is 29.9 Å². The minimum Gasteiger partial charge on any atom is -0.363 e. The van der Waals surface area contributed by atoms with E-state index in [9.17, 15) is 4.79 Å².